The number of anilines is 2. The molecule has 1 heterocycles. The van der Waals surface area contributed by atoms with Gasteiger partial charge < -0.3 is 4.90 Å². The molecule has 0 radical (unpaired) electrons. The molecule has 0 unspecified atom stereocenters. The van der Waals surface area contributed by atoms with Crippen LogP contribution in [0.2, 0.25) is 5.02 Å². The minimum absolute atomic E-state index is 0.157. The summed E-state index contributed by atoms with van der Waals surface area (Å²) in [6.07, 6.45) is 2.40. The number of sulfonamides is 1. The van der Waals surface area contributed by atoms with Gasteiger partial charge in [0.2, 0.25) is 0 Å². The summed E-state index contributed by atoms with van der Waals surface area (Å²) >= 11 is 5.87. The number of rotatable bonds is 4. The van der Waals surface area contributed by atoms with E-state index >= 15 is 0 Å². The molecule has 0 atom stereocenters. The van der Waals surface area contributed by atoms with Crippen LogP contribution in [0.15, 0.2) is 53.4 Å². The van der Waals surface area contributed by atoms with Crippen LogP contribution in [0.25, 0.3) is 0 Å². The van der Waals surface area contributed by atoms with E-state index in [2.05, 4.69) is 16.5 Å². The molecule has 0 spiro atoms. The third-order valence-corrected chi connectivity index (χ3v) is 5.99. The summed E-state index contributed by atoms with van der Waals surface area (Å²) in [5.74, 6) is 0.782. The molecule has 1 fully saturated rings. The molecule has 0 aromatic heterocycles. The zero-order valence-corrected chi connectivity index (χ0v) is 15.1. The molecule has 3 rings (SSSR count). The first-order valence-corrected chi connectivity index (χ1v) is 9.93. The summed E-state index contributed by atoms with van der Waals surface area (Å²) in [5.41, 5.74) is 1.68. The molecule has 0 amide bonds. The largest absolute Gasteiger partial charge is 0.372 e. The lowest BCUT2D eigenvalue weighted by atomic mass is 9.99. The van der Waals surface area contributed by atoms with Gasteiger partial charge in [0, 0.05) is 29.5 Å². The summed E-state index contributed by atoms with van der Waals surface area (Å²) in [7, 11) is -3.63. The van der Waals surface area contributed by atoms with E-state index in [1.807, 2.05) is 12.1 Å². The highest BCUT2D eigenvalue weighted by Gasteiger charge is 2.17. The standard InChI is InChI=1S/C18H21ClN2O2S/c1-14-9-11-21(12-10-14)17-7-5-16(6-8-17)20-24(22,23)18-4-2-3-15(19)13-18/h2-8,13-14,20H,9-12H2,1H3. The second-order valence-electron chi connectivity index (χ2n) is 6.28. The molecule has 2 aromatic carbocycles. The van der Waals surface area contributed by atoms with Crippen LogP contribution in [-0.4, -0.2) is 21.5 Å². The van der Waals surface area contributed by atoms with Crippen molar-refractivity contribution in [1.29, 1.82) is 0 Å². The maximum atomic E-state index is 12.4. The minimum Gasteiger partial charge on any atom is -0.372 e. The van der Waals surface area contributed by atoms with Crippen LogP contribution in [0.1, 0.15) is 19.8 Å². The first-order valence-electron chi connectivity index (χ1n) is 8.07. The van der Waals surface area contributed by atoms with Crippen LogP contribution in [0.5, 0.6) is 0 Å². The summed E-state index contributed by atoms with van der Waals surface area (Å²) in [5, 5.41) is 0.396. The lowest BCUT2D eigenvalue weighted by molar-refractivity contribution is 0.438. The number of hydrogen-bond donors (Lipinski definition) is 1. The zero-order valence-electron chi connectivity index (χ0n) is 13.6. The second kappa shape index (κ2) is 7.03. The van der Waals surface area contributed by atoms with E-state index < -0.39 is 10.0 Å². The fourth-order valence-electron chi connectivity index (χ4n) is 2.86. The Labute approximate surface area is 148 Å². The first kappa shape index (κ1) is 17.1. The Morgan fingerprint density at radius 3 is 2.38 bits per heavy atom. The van der Waals surface area contributed by atoms with Crippen molar-refractivity contribution in [2.75, 3.05) is 22.7 Å². The molecule has 0 aliphatic carbocycles. The molecular weight excluding hydrogens is 344 g/mol. The highest BCUT2D eigenvalue weighted by atomic mass is 35.5. The molecule has 1 aliphatic rings. The predicted molar refractivity (Wildman–Crippen MR) is 99.3 cm³/mol. The van der Waals surface area contributed by atoms with Gasteiger partial charge in [-0.05, 0) is 61.2 Å². The predicted octanol–water partition coefficient (Wildman–Crippen LogP) is 4.38. The maximum Gasteiger partial charge on any atom is 0.261 e. The maximum absolute atomic E-state index is 12.4. The highest BCUT2D eigenvalue weighted by Crippen LogP contribution is 2.25. The van der Waals surface area contributed by atoms with Gasteiger partial charge >= 0.3 is 0 Å². The molecule has 0 bridgehead atoms. The molecule has 1 aliphatic heterocycles. The number of piperidine rings is 1. The van der Waals surface area contributed by atoms with Crippen LogP contribution in [0.3, 0.4) is 0 Å². The Morgan fingerprint density at radius 2 is 1.75 bits per heavy atom. The second-order valence-corrected chi connectivity index (χ2v) is 8.40. The Balaban J connectivity index is 1.72. The van der Waals surface area contributed by atoms with Gasteiger partial charge in [-0.25, -0.2) is 8.42 Å². The van der Waals surface area contributed by atoms with E-state index in [4.69, 9.17) is 11.6 Å². The number of nitrogens with zero attached hydrogens (tertiary/aromatic N) is 1. The Bertz CT molecular complexity index is 798. The van der Waals surface area contributed by atoms with Gasteiger partial charge in [0.05, 0.1) is 4.90 Å². The van der Waals surface area contributed by atoms with E-state index in [0.29, 0.717) is 10.7 Å². The van der Waals surface area contributed by atoms with Crippen LogP contribution < -0.4 is 9.62 Å². The van der Waals surface area contributed by atoms with Crippen molar-refractivity contribution < 1.29 is 8.42 Å². The SMILES string of the molecule is CC1CCN(c2ccc(NS(=O)(=O)c3cccc(Cl)c3)cc2)CC1. The molecule has 0 saturated carbocycles. The van der Waals surface area contributed by atoms with Gasteiger partial charge in [0.1, 0.15) is 0 Å². The van der Waals surface area contributed by atoms with Gasteiger partial charge in [-0.1, -0.05) is 24.6 Å². The Hall–Kier alpha value is -1.72. The molecule has 6 heteroatoms. The fourth-order valence-corrected chi connectivity index (χ4v) is 4.21. The van der Waals surface area contributed by atoms with E-state index in [-0.39, 0.29) is 4.90 Å². The normalized spacial score (nSPS) is 16.2. The number of benzene rings is 2. The molecule has 1 N–H and O–H groups in total. The Morgan fingerprint density at radius 1 is 1.08 bits per heavy atom. The number of hydrogen-bond acceptors (Lipinski definition) is 3. The smallest absolute Gasteiger partial charge is 0.261 e. The quantitative estimate of drug-likeness (QED) is 0.875. The third kappa shape index (κ3) is 4.02. The van der Waals surface area contributed by atoms with Crippen molar-refractivity contribution in [3.63, 3.8) is 0 Å². The average molecular weight is 365 g/mol. The summed E-state index contributed by atoms with van der Waals surface area (Å²) in [6.45, 7) is 4.38. The lowest BCUT2D eigenvalue weighted by Crippen LogP contribution is -2.32. The topological polar surface area (TPSA) is 49.4 Å². The molecule has 128 valence electrons. The first-order chi connectivity index (χ1) is 11.4. The summed E-state index contributed by atoms with van der Waals surface area (Å²) in [4.78, 5) is 2.50. The summed E-state index contributed by atoms with van der Waals surface area (Å²) < 4.78 is 27.4. The molecule has 2 aromatic rings. The van der Waals surface area contributed by atoms with E-state index in [9.17, 15) is 8.42 Å². The van der Waals surface area contributed by atoms with Crippen molar-refractivity contribution in [3.8, 4) is 0 Å². The average Bonchev–Trinajstić information content (AvgIpc) is 2.56. The lowest BCUT2D eigenvalue weighted by Gasteiger charge is -2.32. The molecule has 4 nitrogen and oxygen atoms in total. The van der Waals surface area contributed by atoms with Crippen molar-refractivity contribution in [2.24, 2.45) is 5.92 Å². The van der Waals surface area contributed by atoms with Crippen LogP contribution >= 0.6 is 11.6 Å². The molecule has 1 saturated heterocycles. The summed E-state index contributed by atoms with van der Waals surface area (Å²) in [6, 6.07) is 13.8. The minimum atomic E-state index is -3.63. The van der Waals surface area contributed by atoms with Crippen LogP contribution in [-0.2, 0) is 10.0 Å². The van der Waals surface area contributed by atoms with Crippen LogP contribution in [0.4, 0.5) is 11.4 Å². The van der Waals surface area contributed by atoms with Crippen molar-refractivity contribution >= 4 is 33.0 Å². The number of nitrogens with one attached hydrogen (secondary N) is 1. The number of halogens is 1. The van der Waals surface area contributed by atoms with Crippen LogP contribution in [0, 0.1) is 5.92 Å². The van der Waals surface area contributed by atoms with Gasteiger partial charge in [0.15, 0.2) is 0 Å². The van der Waals surface area contributed by atoms with Gasteiger partial charge in [-0.3, -0.25) is 4.72 Å². The molecule has 24 heavy (non-hydrogen) atoms. The van der Waals surface area contributed by atoms with E-state index in [1.165, 1.54) is 25.0 Å². The van der Waals surface area contributed by atoms with Crippen molar-refractivity contribution in [3.05, 3.63) is 53.6 Å². The fraction of sp³-hybridized carbons (Fsp3) is 0.333. The monoisotopic (exact) mass is 364 g/mol. The van der Waals surface area contributed by atoms with Crippen molar-refractivity contribution in [1.82, 2.24) is 0 Å². The Kier molecular flexibility index (Phi) is 5.01. The molecular formula is C18H21ClN2O2S. The zero-order chi connectivity index (χ0) is 17.2. The highest BCUT2D eigenvalue weighted by molar-refractivity contribution is 7.92. The van der Waals surface area contributed by atoms with Crippen molar-refractivity contribution in [2.45, 2.75) is 24.7 Å². The van der Waals surface area contributed by atoms with E-state index in [1.54, 1.807) is 24.3 Å². The van der Waals surface area contributed by atoms with Gasteiger partial charge in [0.25, 0.3) is 10.0 Å². The van der Waals surface area contributed by atoms with Gasteiger partial charge in [-0.15, -0.1) is 0 Å². The van der Waals surface area contributed by atoms with Gasteiger partial charge in [-0.2, -0.15) is 0 Å². The third-order valence-electron chi connectivity index (χ3n) is 4.37. The van der Waals surface area contributed by atoms with E-state index in [0.717, 1.165) is 24.7 Å².